The molecule has 35 heavy (non-hydrogen) atoms. The number of nitro groups is 2. The number of benzene rings is 2. The predicted molar refractivity (Wildman–Crippen MR) is 135 cm³/mol. The third-order valence-electron chi connectivity index (χ3n) is 6.47. The lowest BCUT2D eigenvalue weighted by molar-refractivity contribution is -0.385. The Labute approximate surface area is 206 Å². The van der Waals surface area contributed by atoms with Crippen molar-refractivity contribution >= 4 is 17.7 Å². The first-order valence-corrected chi connectivity index (χ1v) is 11.7. The molecule has 0 spiro atoms. The topological polar surface area (TPSA) is 116 Å². The number of hydrogen-bond donors (Lipinski definition) is 0. The minimum absolute atomic E-state index is 0.0213. The van der Waals surface area contributed by atoms with Crippen molar-refractivity contribution in [2.24, 2.45) is 0 Å². The van der Waals surface area contributed by atoms with Crippen molar-refractivity contribution in [1.82, 2.24) is 4.90 Å². The Hall–Kier alpha value is -3.17. The number of nitro benzene ring substituents is 2. The van der Waals surface area contributed by atoms with Crippen LogP contribution in [0.4, 0.5) is 11.4 Å². The summed E-state index contributed by atoms with van der Waals surface area (Å²) in [6.45, 7) is 12.9. The molecule has 0 aliphatic carbocycles. The van der Waals surface area contributed by atoms with Crippen LogP contribution in [0.15, 0.2) is 48.5 Å². The number of carbonyl (C=O) groups excluding carboxylic acids is 1. The highest BCUT2D eigenvalue weighted by atomic mass is 16.6. The Morgan fingerprint density at radius 3 is 1.66 bits per heavy atom. The molecule has 0 N–H and O–H groups in total. The van der Waals surface area contributed by atoms with Crippen molar-refractivity contribution in [3.8, 4) is 0 Å². The minimum atomic E-state index is -0.434. The van der Waals surface area contributed by atoms with E-state index in [2.05, 4.69) is 18.7 Å². The van der Waals surface area contributed by atoms with Crippen molar-refractivity contribution in [2.75, 3.05) is 32.8 Å². The maximum absolute atomic E-state index is 10.7. The third kappa shape index (κ3) is 8.52. The largest absolute Gasteiger partial charge is 0.379 e. The molecule has 1 aliphatic rings. The van der Waals surface area contributed by atoms with Gasteiger partial charge in [-0.05, 0) is 34.9 Å². The summed E-state index contributed by atoms with van der Waals surface area (Å²) in [6.07, 6.45) is 2.30. The molecule has 0 bridgehead atoms. The van der Waals surface area contributed by atoms with Crippen LogP contribution in [0.3, 0.4) is 0 Å². The molecule has 1 saturated heterocycles. The van der Waals surface area contributed by atoms with E-state index in [9.17, 15) is 25.0 Å². The Balaban J connectivity index is 0.000000258. The van der Waals surface area contributed by atoms with Crippen LogP contribution < -0.4 is 0 Å². The van der Waals surface area contributed by atoms with Crippen LogP contribution >= 0.6 is 0 Å². The molecular weight excluding hydrogens is 450 g/mol. The molecule has 0 saturated carbocycles. The van der Waals surface area contributed by atoms with Crippen LogP contribution in [-0.2, 0) is 20.4 Å². The highest BCUT2D eigenvalue weighted by Crippen LogP contribution is 2.29. The Kier molecular flexibility index (Phi) is 10.0. The van der Waals surface area contributed by atoms with Gasteiger partial charge in [-0.25, -0.2) is 0 Å². The van der Waals surface area contributed by atoms with Gasteiger partial charge < -0.3 is 9.53 Å². The second kappa shape index (κ2) is 12.5. The Morgan fingerprint density at radius 2 is 1.26 bits per heavy atom. The van der Waals surface area contributed by atoms with Crippen LogP contribution in [-0.4, -0.2) is 53.9 Å². The van der Waals surface area contributed by atoms with Gasteiger partial charge in [0.2, 0.25) is 0 Å². The maximum atomic E-state index is 10.7. The van der Waals surface area contributed by atoms with Crippen LogP contribution in [0, 0.1) is 20.2 Å². The van der Waals surface area contributed by atoms with Gasteiger partial charge >= 0.3 is 0 Å². The molecular formula is C26H35N3O6. The number of hydrogen-bond acceptors (Lipinski definition) is 7. The van der Waals surface area contributed by atoms with E-state index >= 15 is 0 Å². The highest BCUT2D eigenvalue weighted by Gasteiger charge is 2.23. The fourth-order valence-electron chi connectivity index (χ4n) is 3.80. The molecule has 0 atom stereocenters. The van der Waals surface area contributed by atoms with Gasteiger partial charge in [-0.2, -0.15) is 0 Å². The summed E-state index contributed by atoms with van der Waals surface area (Å²) in [4.78, 5) is 33.2. The average molecular weight is 486 g/mol. The van der Waals surface area contributed by atoms with Gasteiger partial charge in [0.05, 0.1) is 23.1 Å². The van der Waals surface area contributed by atoms with Crippen molar-refractivity contribution in [1.29, 1.82) is 0 Å². The van der Waals surface area contributed by atoms with E-state index in [0.717, 1.165) is 56.7 Å². The van der Waals surface area contributed by atoms with Gasteiger partial charge in [-0.1, -0.05) is 52.0 Å². The zero-order valence-corrected chi connectivity index (χ0v) is 20.9. The van der Waals surface area contributed by atoms with Gasteiger partial charge in [0, 0.05) is 43.8 Å². The number of morpholine rings is 1. The summed E-state index contributed by atoms with van der Waals surface area (Å²) in [5, 5.41) is 21.1. The molecule has 2 aromatic rings. The first kappa shape index (κ1) is 28.1. The van der Waals surface area contributed by atoms with Gasteiger partial charge in [0.1, 0.15) is 6.29 Å². The average Bonchev–Trinajstić information content (AvgIpc) is 2.84. The SMILES string of the molecule is CC(C)(CC=O)c1ccc([N+](=O)[O-])cc1.CC(C)(CCN1CCOCC1)c1ccc([N+](=O)[O-])cc1. The fourth-order valence-corrected chi connectivity index (χ4v) is 3.80. The number of ether oxygens (including phenoxy) is 1. The number of rotatable bonds is 9. The molecule has 1 heterocycles. The van der Waals surface area contributed by atoms with Crippen LogP contribution in [0.25, 0.3) is 0 Å². The second-order valence-electron chi connectivity index (χ2n) is 9.95. The predicted octanol–water partition coefficient (Wildman–Crippen LogP) is 5.06. The number of aldehydes is 1. The zero-order chi connectivity index (χ0) is 26.1. The van der Waals surface area contributed by atoms with Crippen molar-refractivity contribution < 1.29 is 19.4 Å². The lowest BCUT2D eigenvalue weighted by atomic mass is 9.81. The quantitative estimate of drug-likeness (QED) is 0.277. The van der Waals surface area contributed by atoms with Gasteiger partial charge in [-0.3, -0.25) is 25.1 Å². The van der Waals surface area contributed by atoms with E-state index in [0.29, 0.717) is 6.42 Å². The summed E-state index contributed by atoms with van der Waals surface area (Å²) in [5.74, 6) is 0. The van der Waals surface area contributed by atoms with Crippen LogP contribution in [0.5, 0.6) is 0 Å². The summed E-state index contributed by atoms with van der Waals surface area (Å²) >= 11 is 0. The molecule has 9 heteroatoms. The fraction of sp³-hybridized carbons (Fsp3) is 0.500. The van der Waals surface area contributed by atoms with Gasteiger partial charge in [0.15, 0.2) is 0 Å². The third-order valence-corrected chi connectivity index (χ3v) is 6.47. The molecule has 2 aromatic carbocycles. The van der Waals surface area contributed by atoms with E-state index < -0.39 is 4.92 Å². The molecule has 1 fully saturated rings. The molecule has 9 nitrogen and oxygen atoms in total. The smallest absolute Gasteiger partial charge is 0.269 e. The summed E-state index contributed by atoms with van der Waals surface area (Å²) in [5.41, 5.74) is 2.06. The summed E-state index contributed by atoms with van der Waals surface area (Å²) in [6, 6.07) is 13.2. The molecule has 0 radical (unpaired) electrons. The number of non-ortho nitro benzene ring substituents is 2. The number of carbonyl (C=O) groups is 1. The summed E-state index contributed by atoms with van der Waals surface area (Å²) < 4.78 is 5.35. The van der Waals surface area contributed by atoms with E-state index in [1.807, 2.05) is 26.0 Å². The van der Waals surface area contributed by atoms with Gasteiger partial charge in [0.25, 0.3) is 11.4 Å². The maximum Gasteiger partial charge on any atom is 0.269 e. The minimum Gasteiger partial charge on any atom is -0.379 e. The molecule has 0 aromatic heterocycles. The zero-order valence-electron chi connectivity index (χ0n) is 20.9. The molecule has 0 amide bonds. The molecule has 1 aliphatic heterocycles. The van der Waals surface area contributed by atoms with E-state index in [-0.39, 0.29) is 27.1 Å². The highest BCUT2D eigenvalue weighted by molar-refractivity contribution is 5.53. The Morgan fingerprint density at radius 1 is 0.829 bits per heavy atom. The Bertz CT molecular complexity index is 981. The van der Waals surface area contributed by atoms with E-state index in [1.54, 1.807) is 24.3 Å². The lowest BCUT2D eigenvalue weighted by Gasteiger charge is -2.31. The first-order chi connectivity index (χ1) is 16.5. The monoisotopic (exact) mass is 485 g/mol. The normalized spacial score (nSPS) is 14.5. The van der Waals surface area contributed by atoms with Crippen molar-refractivity contribution in [3.63, 3.8) is 0 Å². The van der Waals surface area contributed by atoms with Crippen LogP contribution in [0.1, 0.15) is 51.7 Å². The molecule has 3 rings (SSSR count). The van der Waals surface area contributed by atoms with Crippen molar-refractivity contribution in [3.05, 3.63) is 79.9 Å². The van der Waals surface area contributed by atoms with E-state index in [4.69, 9.17) is 4.74 Å². The van der Waals surface area contributed by atoms with E-state index in [1.165, 1.54) is 12.1 Å². The van der Waals surface area contributed by atoms with Crippen molar-refractivity contribution in [2.45, 2.75) is 51.4 Å². The molecule has 190 valence electrons. The summed E-state index contributed by atoms with van der Waals surface area (Å²) in [7, 11) is 0. The van der Waals surface area contributed by atoms with Gasteiger partial charge in [-0.15, -0.1) is 0 Å². The standard InChI is InChI=1S/C15H22N2O3.C11H13NO3/c1-15(2,7-8-16-9-11-20-12-10-16)13-3-5-14(6-4-13)17(18)19;1-11(2,7-8-13)9-3-5-10(6-4-9)12(14)15/h3-6H,7-12H2,1-2H3;3-6,8H,7H2,1-2H3. The number of nitrogens with zero attached hydrogens (tertiary/aromatic N) is 3. The first-order valence-electron chi connectivity index (χ1n) is 11.7. The molecule has 0 unspecified atom stereocenters. The van der Waals surface area contributed by atoms with Crippen LogP contribution in [0.2, 0.25) is 0 Å². The second-order valence-corrected chi connectivity index (χ2v) is 9.95. The lowest BCUT2D eigenvalue weighted by Crippen LogP contribution is -2.38.